The maximum Gasteiger partial charge on any atom is 0.0743 e. The van der Waals surface area contributed by atoms with Gasteiger partial charge in [0.1, 0.15) is 0 Å². The standard InChI is InChI=1S/C12H20N2OS/c1-14(8-10-4-6-16-9-10)11(7-13)12-3-2-5-15-12/h4,6,9,11-12H,2-3,5,7-8,13H2,1H3. The number of rotatable bonds is 5. The molecular weight excluding hydrogens is 220 g/mol. The van der Waals surface area contributed by atoms with E-state index >= 15 is 0 Å². The summed E-state index contributed by atoms with van der Waals surface area (Å²) in [7, 11) is 2.14. The lowest BCUT2D eigenvalue weighted by molar-refractivity contribution is 0.0347. The smallest absolute Gasteiger partial charge is 0.0743 e. The molecule has 1 aromatic heterocycles. The summed E-state index contributed by atoms with van der Waals surface area (Å²) in [6.07, 6.45) is 2.65. The minimum Gasteiger partial charge on any atom is -0.377 e. The highest BCUT2D eigenvalue weighted by Gasteiger charge is 2.27. The SMILES string of the molecule is CN(Cc1ccsc1)C(CN)C1CCCO1. The van der Waals surface area contributed by atoms with E-state index in [0.717, 1.165) is 19.6 Å². The van der Waals surface area contributed by atoms with Gasteiger partial charge in [0.15, 0.2) is 0 Å². The second-order valence-electron chi connectivity index (χ2n) is 4.40. The Bertz CT molecular complexity index is 296. The lowest BCUT2D eigenvalue weighted by Gasteiger charge is -2.30. The number of nitrogens with zero attached hydrogens (tertiary/aromatic N) is 1. The first kappa shape index (κ1) is 12.0. The van der Waals surface area contributed by atoms with Crippen molar-refractivity contribution in [1.82, 2.24) is 4.90 Å². The Labute approximate surface area is 101 Å². The van der Waals surface area contributed by atoms with Gasteiger partial charge < -0.3 is 10.5 Å². The molecule has 1 aliphatic rings. The van der Waals surface area contributed by atoms with Crippen LogP contribution in [0.3, 0.4) is 0 Å². The van der Waals surface area contributed by atoms with Crippen LogP contribution in [-0.2, 0) is 11.3 Å². The van der Waals surface area contributed by atoms with Crippen LogP contribution in [-0.4, -0.2) is 37.2 Å². The van der Waals surface area contributed by atoms with E-state index in [0.29, 0.717) is 18.7 Å². The molecule has 1 aromatic rings. The van der Waals surface area contributed by atoms with Crippen molar-refractivity contribution in [2.45, 2.75) is 31.5 Å². The molecular formula is C12H20N2OS. The van der Waals surface area contributed by atoms with Gasteiger partial charge in [-0.05, 0) is 42.3 Å². The van der Waals surface area contributed by atoms with Crippen LogP contribution in [0.25, 0.3) is 0 Å². The molecule has 3 nitrogen and oxygen atoms in total. The van der Waals surface area contributed by atoms with Crippen LogP contribution in [0.15, 0.2) is 16.8 Å². The molecule has 1 fully saturated rings. The molecule has 2 N–H and O–H groups in total. The molecule has 2 heterocycles. The third-order valence-electron chi connectivity index (χ3n) is 3.21. The first-order valence-corrected chi connectivity index (χ1v) is 6.78. The molecule has 0 radical (unpaired) electrons. The van der Waals surface area contributed by atoms with Gasteiger partial charge in [0, 0.05) is 25.7 Å². The van der Waals surface area contributed by atoms with E-state index in [1.165, 1.54) is 12.0 Å². The van der Waals surface area contributed by atoms with Crippen molar-refractivity contribution in [3.63, 3.8) is 0 Å². The first-order valence-electron chi connectivity index (χ1n) is 5.84. The maximum absolute atomic E-state index is 5.86. The lowest BCUT2D eigenvalue weighted by Crippen LogP contribution is -2.45. The van der Waals surface area contributed by atoms with E-state index in [1.807, 2.05) is 0 Å². The Hall–Kier alpha value is -0.420. The van der Waals surface area contributed by atoms with Crippen LogP contribution < -0.4 is 5.73 Å². The van der Waals surface area contributed by atoms with Gasteiger partial charge in [0.25, 0.3) is 0 Å². The highest BCUT2D eigenvalue weighted by atomic mass is 32.1. The average Bonchev–Trinajstić information content (AvgIpc) is 2.91. The van der Waals surface area contributed by atoms with Gasteiger partial charge in [-0.3, -0.25) is 4.90 Å². The lowest BCUT2D eigenvalue weighted by atomic mass is 10.1. The molecule has 4 heteroatoms. The van der Waals surface area contributed by atoms with E-state index in [4.69, 9.17) is 10.5 Å². The van der Waals surface area contributed by atoms with Gasteiger partial charge in [-0.2, -0.15) is 11.3 Å². The van der Waals surface area contributed by atoms with E-state index in [1.54, 1.807) is 11.3 Å². The molecule has 0 aliphatic carbocycles. The Kier molecular flexibility index (Phi) is 4.35. The highest BCUT2D eigenvalue weighted by Crippen LogP contribution is 2.20. The molecule has 0 spiro atoms. The fourth-order valence-electron chi connectivity index (χ4n) is 2.31. The van der Waals surface area contributed by atoms with Crippen LogP contribution in [0, 0.1) is 0 Å². The molecule has 2 rings (SSSR count). The van der Waals surface area contributed by atoms with Gasteiger partial charge in [-0.25, -0.2) is 0 Å². The maximum atomic E-state index is 5.86. The van der Waals surface area contributed by atoms with E-state index in [2.05, 4.69) is 28.8 Å². The van der Waals surface area contributed by atoms with Crippen molar-refractivity contribution in [2.75, 3.05) is 20.2 Å². The number of hydrogen-bond donors (Lipinski definition) is 1. The van der Waals surface area contributed by atoms with Gasteiger partial charge in [-0.1, -0.05) is 0 Å². The molecule has 90 valence electrons. The minimum atomic E-state index is 0.327. The van der Waals surface area contributed by atoms with Crippen molar-refractivity contribution in [1.29, 1.82) is 0 Å². The molecule has 0 saturated carbocycles. The molecule has 0 amide bonds. The monoisotopic (exact) mass is 240 g/mol. The van der Waals surface area contributed by atoms with E-state index in [9.17, 15) is 0 Å². The van der Waals surface area contributed by atoms with Crippen LogP contribution in [0.5, 0.6) is 0 Å². The van der Waals surface area contributed by atoms with Gasteiger partial charge >= 0.3 is 0 Å². The summed E-state index contributed by atoms with van der Waals surface area (Å²) in [5.74, 6) is 0. The molecule has 0 aromatic carbocycles. The molecule has 16 heavy (non-hydrogen) atoms. The van der Waals surface area contributed by atoms with Crippen LogP contribution in [0.2, 0.25) is 0 Å². The number of thiophene rings is 1. The fraction of sp³-hybridized carbons (Fsp3) is 0.667. The summed E-state index contributed by atoms with van der Waals surface area (Å²) in [5, 5.41) is 4.31. The summed E-state index contributed by atoms with van der Waals surface area (Å²) in [5.41, 5.74) is 7.23. The molecule has 2 atom stereocenters. The Morgan fingerprint density at radius 1 is 1.69 bits per heavy atom. The molecule has 0 bridgehead atoms. The predicted octanol–water partition coefficient (Wildman–Crippen LogP) is 1.69. The quantitative estimate of drug-likeness (QED) is 0.851. The zero-order valence-corrected chi connectivity index (χ0v) is 10.6. The van der Waals surface area contributed by atoms with Crippen molar-refractivity contribution in [2.24, 2.45) is 5.73 Å². The fourth-order valence-corrected chi connectivity index (χ4v) is 2.97. The average molecular weight is 240 g/mol. The topological polar surface area (TPSA) is 38.5 Å². The number of nitrogens with two attached hydrogens (primary N) is 1. The van der Waals surface area contributed by atoms with Crippen LogP contribution in [0.4, 0.5) is 0 Å². The van der Waals surface area contributed by atoms with Gasteiger partial charge in [0.2, 0.25) is 0 Å². The normalized spacial score (nSPS) is 22.8. The number of hydrogen-bond acceptors (Lipinski definition) is 4. The summed E-state index contributed by atoms with van der Waals surface area (Å²) >= 11 is 1.74. The molecule has 1 saturated heterocycles. The Morgan fingerprint density at radius 2 is 2.56 bits per heavy atom. The zero-order chi connectivity index (χ0) is 11.4. The third-order valence-corrected chi connectivity index (χ3v) is 3.95. The summed E-state index contributed by atoms with van der Waals surface area (Å²) in [6.45, 7) is 2.53. The summed E-state index contributed by atoms with van der Waals surface area (Å²) in [6, 6.07) is 2.52. The minimum absolute atomic E-state index is 0.327. The zero-order valence-electron chi connectivity index (χ0n) is 9.76. The van der Waals surface area contributed by atoms with E-state index < -0.39 is 0 Å². The largest absolute Gasteiger partial charge is 0.377 e. The second-order valence-corrected chi connectivity index (χ2v) is 5.18. The summed E-state index contributed by atoms with van der Waals surface area (Å²) < 4.78 is 5.73. The number of ether oxygens (including phenoxy) is 1. The van der Waals surface area contributed by atoms with Crippen molar-refractivity contribution >= 4 is 11.3 Å². The third kappa shape index (κ3) is 2.83. The number of likely N-dealkylation sites (N-methyl/N-ethyl adjacent to an activating group) is 1. The summed E-state index contributed by atoms with van der Waals surface area (Å²) in [4.78, 5) is 2.32. The first-order chi connectivity index (χ1) is 7.81. The van der Waals surface area contributed by atoms with Crippen molar-refractivity contribution in [3.8, 4) is 0 Å². The Morgan fingerprint density at radius 3 is 3.12 bits per heavy atom. The Balaban J connectivity index is 1.92. The van der Waals surface area contributed by atoms with Gasteiger partial charge in [0.05, 0.1) is 6.10 Å². The highest BCUT2D eigenvalue weighted by molar-refractivity contribution is 7.07. The predicted molar refractivity (Wildman–Crippen MR) is 67.6 cm³/mol. The molecule has 2 unspecified atom stereocenters. The van der Waals surface area contributed by atoms with Crippen molar-refractivity contribution < 1.29 is 4.74 Å². The second kappa shape index (κ2) is 5.77. The van der Waals surface area contributed by atoms with Crippen LogP contribution in [0.1, 0.15) is 18.4 Å². The molecule has 1 aliphatic heterocycles. The van der Waals surface area contributed by atoms with E-state index in [-0.39, 0.29) is 0 Å². The van der Waals surface area contributed by atoms with Gasteiger partial charge in [-0.15, -0.1) is 0 Å². The van der Waals surface area contributed by atoms with Crippen molar-refractivity contribution in [3.05, 3.63) is 22.4 Å². The van der Waals surface area contributed by atoms with Crippen LogP contribution >= 0.6 is 11.3 Å².